The van der Waals surface area contributed by atoms with E-state index in [4.69, 9.17) is 0 Å². The summed E-state index contributed by atoms with van der Waals surface area (Å²) in [7, 11) is 0. The molecule has 3 aromatic rings. The van der Waals surface area contributed by atoms with E-state index in [9.17, 15) is 9.59 Å². The number of hydrogen-bond donors (Lipinski definition) is 1. The van der Waals surface area contributed by atoms with E-state index in [-0.39, 0.29) is 17.5 Å². The fourth-order valence-corrected chi connectivity index (χ4v) is 4.33. The van der Waals surface area contributed by atoms with Crippen molar-refractivity contribution in [3.05, 3.63) is 62.3 Å². The van der Waals surface area contributed by atoms with Crippen molar-refractivity contribution in [3.8, 4) is 11.3 Å². The smallest absolute Gasteiger partial charge is 0.266 e. The highest BCUT2D eigenvalue weighted by Gasteiger charge is 2.34. The van der Waals surface area contributed by atoms with Gasteiger partial charge in [0.1, 0.15) is 10.7 Å². The van der Waals surface area contributed by atoms with Crippen LogP contribution in [0.1, 0.15) is 45.1 Å². The molecular formula is C19H19N5O2S. The number of nitrogens with zero attached hydrogens (tertiary/aromatic N) is 4. The van der Waals surface area contributed by atoms with Crippen molar-refractivity contribution in [2.45, 2.75) is 32.7 Å². The highest BCUT2D eigenvalue weighted by molar-refractivity contribution is 7.13. The molecule has 0 bridgehead atoms. The Morgan fingerprint density at radius 1 is 1.33 bits per heavy atom. The molecule has 1 unspecified atom stereocenters. The summed E-state index contributed by atoms with van der Waals surface area (Å²) in [6.07, 6.45) is 4.98. The van der Waals surface area contributed by atoms with Gasteiger partial charge >= 0.3 is 0 Å². The third kappa shape index (κ3) is 3.40. The fraction of sp³-hybridized carbons (Fsp3) is 0.316. The Labute approximate surface area is 160 Å². The first-order valence-electron chi connectivity index (χ1n) is 8.79. The van der Waals surface area contributed by atoms with Crippen molar-refractivity contribution >= 4 is 17.2 Å². The lowest BCUT2D eigenvalue weighted by Crippen LogP contribution is -2.32. The number of aryl methyl sites for hydroxylation is 2. The van der Waals surface area contributed by atoms with Gasteiger partial charge in [0.2, 0.25) is 0 Å². The molecule has 1 aliphatic rings. The first-order chi connectivity index (χ1) is 13.0. The highest BCUT2D eigenvalue weighted by atomic mass is 32.1. The fourth-order valence-electron chi connectivity index (χ4n) is 3.45. The molecule has 0 spiro atoms. The van der Waals surface area contributed by atoms with Gasteiger partial charge in [-0.05, 0) is 38.8 Å². The van der Waals surface area contributed by atoms with E-state index in [1.165, 1.54) is 17.4 Å². The van der Waals surface area contributed by atoms with E-state index in [1.807, 2.05) is 19.9 Å². The summed E-state index contributed by atoms with van der Waals surface area (Å²) in [5.74, 6) is 0.473. The molecule has 0 aromatic carbocycles. The Bertz CT molecular complexity index is 1040. The Kier molecular flexibility index (Phi) is 4.57. The molecule has 8 heteroatoms. The van der Waals surface area contributed by atoms with E-state index in [2.05, 4.69) is 19.9 Å². The number of amides is 1. The maximum Gasteiger partial charge on any atom is 0.266 e. The topological polar surface area (TPSA) is 91.8 Å². The maximum atomic E-state index is 13.1. The first kappa shape index (κ1) is 17.5. The Balaban J connectivity index is 1.70. The van der Waals surface area contributed by atoms with E-state index in [1.54, 1.807) is 23.4 Å². The number of carbonyl (C=O) groups is 1. The van der Waals surface area contributed by atoms with Crippen molar-refractivity contribution in [2.75, 3.05) is 6.54 Å². The SMILES string of the molecule is Cc1nc(C)c(C(=O)N2CCCC2c2nc(-c3cccnc3)cc(=O)[nH]2)s1. The van der Waals surface area contributed by atoms with Crippen LogP contribution in [0.15, 0.2) is 35.4 Å². The van der Waals surface area contributed by atoms with Gasteiger partial charge in [0.25, 0.3) is 11.5 Å². The second kappa shape index (κ2) is 7.03. The Morgan fingerprint density at radius 3 is 2.89 bits per heavy atom. The molecule has 4 heterocycles. The summed E-state index contributed by atoms with van der Waals surface area (Å²) >= 11 is 1.41. The van der Waals surface area contributed by atoms with Crippen LogP contribution in [0.5, 0.6) is 0 Å². The normalized spacial score (nSPS) is 16.7. The van der Waals surface area contributed by atoms with Crippen LogP contribution in [-0.2, 0) is 0 Å². The van der Waals surface area contributed by atoms with Crippen molar-refractivity contribution < 1.29 is 4.79 Å². The number of hydrogen-bond acceptors (Lipinski definition) is 6. The zero-order valence-corrected chi connectivity index (χ0v) is 15.9. The van der Waals surface area contributed by atoms with Crippen LogP contribution in [0.25, 0.3) is 11.3 Å². The molecule has 1 aliphatic heterocycles. The molecule has 27 heavy (non-hydrogen) atoms. The standard InChI is InChI=1S/C19H19N5O2S/c1-11-17(27-12(2)21-11)19(26)24-8-4-6-15(24)18-22-14(9-16(25)23-18)13-5-3-7-20-10-13/h3,5,7,9-10,15H,4,6,8H2,1-2H3,(H,22,23,25). The molecule has 138 valence electrons. The van der Waals surface area contributed by atoms with Gasteiger partial charge < -0.3 is 9.88 Å². The molecular weight excluding hydrogens is 362 g/mol. The molecule has 3 aromatic heterocycles. The van der Waals surface area contributed by atoms with Crippen molar-refractivity contribution in [1.82, 2.24) is 24.8 Å². The Hall–Kier alpha value is -2.87. The minimum absolute atomic E-state index is 0.0463. The third-order valence-electron chi connectivity index (χ3n) is 4.64. The van der Waals surface area contributed by atoms with Gasteiger partial charge in [0.05, 0.1) is 22.4 Å². The summed E-state index contributed by atoms with van der Waals surface area (Å²) in [4.78, 5) is 43.7. The zero-order valence-electron chi connectivity index (χ0n) is 15.1. The van der Waals surface area contributed by atoms with Gasteiger partial charge in [-0.25, -0.2) is 9.97 Å². The Morgan fingerprint density at radius 2 is 2.19 bits per heavy atom. The average Bonchev–Trinajstić information content (AvgIpc) is 3.28. The maximum absolute atomic E-state index is 13.1. The summed E-state index contributed by atoms with van der Waals surface area (Å²) in [6.45, 7) is 4.39. The van der Waals surface area contributed by atoms with E-state index in [0.717, 1.165) is 29.1 Å². The van der Waals surface area contributed by atoms with Crippen LogP contribution >= 0.6 is 11.3 Å². The number of aromatic nitrogens is 4. The molecule has 1 amide bonds. The lowest BCUT2D eigenvalue weighted by molar-refractivity contribution is 0.0733. The number of H-pyrrole nitrogens is 1. The quantitative estimate of drug-likeness (QED) is 0.753. The average molecular weight is 381 g/mol. The van der Waals surface area contributed by atoms with Gasteiger partial charge in [-0.2, -0.15) is 0 Å². The van der Waals surface area contributed by atoms with Gasteiger partial charge in [0, 0.05) is 30.6 Å². The van der Waals surface area contributed by atoms with Crippen LogP contribution in [-0.4, -0.2) is 37.3 Å². The first-order valence-corrected chi connectivity index (χ1v) is 9.61. The lowest BCUT2D eigenvalue weighted by Gasteiger charge is -2.23. The highest BCUT2D eigenvalue weighted by Crippen LogP contribution is 2.33. The van der Waals surface area contributed by atoms with Crippen LogP contribution < -0.4 is 5.56 Å². The lowest BCUT2D eigenvalue weighted by atomic mass is 10.1. The van der Waals surface area contributed by atoms with E-state index < -0.39 is 0 Å². The largest absolute Gasteiger partial charge is 0.328 e. The van der Waals surface area contributed by atoms with Gasteiger partial charge in [-0.1, -0.05) is 0 Å². The molecule has 7 nitrogen and oxygen atoms in total. The number of pyridine rings is 1. The predicted octanol–water partition coefficient (Wildman–Crippen LogP) is 2.88. The molecule has 0 radical (unpaired) electrons. The molecule has 4 rings (SSSR count). The van der Waals surface area contributed by atoms with Crippen LogP contribution in [0.4, 0.5) is 0 Å². The zero-order chi connectivity index (χ0) is 19.0. The van der Waals surface area contributed by atoms with Crippen LogP contribution in [0.3, 0.4) is 0 Å². The van der Waals surface area contributed by atoms with Crippen molar-refractivity contribution in [3.63, 3.8) is 0 Å². The van der Waals surface area contributed by atoms with Gasteiger partial charge in [-0.3, -0.25) is 14.6 Å². The molecule has 1 fully saturated rings. The molecule has 1 atom stereocenters. The summed E-state index contributed by atoms with van der Waals surface area (Å²) < 4.78 is 0. The minimum atomic E-state index is -0.247. The summed E-state index contributed by atoms with van der Waals surface area (Å²) in [6, 6.07) is 4.87. The van der Waals surface area contributed by atoms with Crippen molar-refractivity contribution in [2.24, 2.45) is 0 Å². The third-order valence-corrected chi connectivity index (χ3v) is 5.71. The van der Waals surface area contributed by atoms with Crippen LogP contribution in [0.2, 0.25) is 0 Å². The van der Waals surface area contributed by atoms with Gasteiger partial charge in [0.15, 0.2) is 0 Å². The number of thiazole rings is 1. The monoisotopic (exact) mass is 381 g/mol. The molecule has 0 aliphatic carbocycles. The molecule has 0 saturated carbocycles. The number of likely N-dealkylation sites (tertiary alicyclic amines) is 1. The van der Waals surface area contributed by atoms with E-state index >= 15 is 0 Å². The number of nitrogens with one attached hydrogen (secondary N) is 1. The number of carbonyl (C=O) groups excluding carboxylic acids is 1. The number of aromatic amines is 1. The number of rotatable bonds is 3. The molecule has 1 N–H and O–H groups in total. The summed E-state index contributed by atoms with van der Waals surface area (Å²) in [5.41, 5.74) is 1.85. The van der Waals surface area contributed by atoms with Crippen molar-refractivity contribution in [1.29, 1.82) is 0 Å². The summed E-state index contributed by atoms with van der Waals surface area (Å²) in [5, 5.41) is 0.872. The van der Waals surface area contributed by atoms with Gasteiger partial charge in [-0.15, -0.1) is 11.3 Å². The van der Waals surface area contributed by atoms with Crippen LogP contribution in [0, 0.1) is 13.8 Å². The second-order valence-electron chi connectivity index (χ2n) is 6.56. The second-order valence-corrected chi connectivity index (χ2v) is 7.76. The molecule has 1 saturated heterocycles. The predicted molar refractivity (Wildman–Crippen MR) is 103 cm³/mol. The minimum Gasteiger partial charge on any atom is -0.328 e. The van der Waals surface area contributed by atoms with E-state index in [0.29, 0.717) is 22.9 Å².